The summed E-state index contributed by atoms with van der Waals surface area (Å²) in [5.41, 5.74) is 7.68. The van der Waals surface area contributed by atoms with Crippen molar-refractivity contribution >= 4 is 5.91 Å². The molecule has 6 heteroatoms. The fourth-order valence-electron chi connectivity index (χ4n) is 3.28. The zero-order chi connectivity index (χ0) is 19.8. The maximum Gasteiger partial charge on any atom is 0.242 e. The van der Waals surface area contributed by atoms with E-state index in [0.29, 0.717) is 25.8 Å². The predicted molar refractivity (Wildman–Crippen MR) is 107 cm³/mol. The zero-order valence-corrected chi connectivity index (χ0v) is 15.6. The Morgan fingerprint density at radius 3 is 2.11 bits per heavy atom. The highest BCUT2D eigenvalue weighted by Gasteiger charge is 2.37. The van der Waals surface area contributed by atoms with Crippen LogP contribution in [-0.4, -0.2) is 27.5 Å². The van der Waals surface area contributed by atoms with Crippen molar-refractivity contribution in [2.24, 2.45) is 5.73 Å². The van der Waals surface area contributed by atoms with E-state index in [1.165, 1.54) is 0 Å². The summed E-state index contributed by atoms with van der Waals surface area (Å²) in [5.74, 6) is -0.307. The number of aromatic nitrogens is 2. The molecular formula is C22H24N4O2. The third kappa shape index (κ3) is 4.72. The Labute approximate surface area is 164 Å². The monoisotopic (exact) mass is 376 g/mol. The van der Waals surface area contributed by atoms with Crippen LogP contribution < -0.4 is 11.1 Å². The lowest BCUT2D eigenvalue weighted by Crippen LogP contribution is -2.53. The van der Waals surface area contributed by atoms with Gasteiger partial charge in [0.1, 0.15) is 11.3 Å². The van der Waals surface area contributed by atoms with Crippen LogP contribution in [0.3, 0.4) is 0 Å². The summed E-state index contributed by atoms with van der Waals surface area (Å²) >= 11 is 0. The van der Waals surface area contributed by atoms with Gasteiger partial charge in [0.05, 0.1) is 0 Å². The number of nitrogens with zero attached hydrogens (tertiary/aromatic N) is 2. The molecule has 0 aliphatic carbocycles. The number of phenolic OH excluding ortho intramolecular Hbond substituents is 1. The Kier molecular flexibility index (Phi) is 6.34. The second kappa shape index (κ2) is 9.10. The van der Waals surface area contributed by atoms with E-state index in [-0.39, 0.29) is 5.75 Å². The number of phenols is 1. The third-order valence-electron chi connectivity index (χ3n) is 4.86. The first-order chi connectivity index (χ1) is 13.6. The van der Waals surface area contributed by atoms with Crippen molar-refractivity contribution in [3.8, 4) is 5.75 Å². The third-order valence-corrected chi connectivity index (χ3v) is 4.86. The fourth-order valence-corrected chi connectivity index (χ4v) is 3.28. The van der Waals surface area contributed by atoms with Crippen molar-refractivity contribution in [3.05, 3.63) is 90.0 Å². The van der Waals surface area contributed by atoms with E-state index < -0.39 is 11.4 Å². The summed E-state index contributed by atoms with van der Waals surface area (Å²) in [6.45, 7) is 0.558. The summed E-state index contributed by atoms with van der Waals surface area (Å²) in [6, 6.07) is 14.3. The number of benzene rings is 1. The molecule has 144 valence electrons. The number of primary amides is 1. The highest BCUT2D eigenvalue weighted by Crippen LogP contribution is 2.28. The first kappa shape index (κ1) is 19.5. The molecule has 1 unspecified atom stereocenters. The molecule has 0 aliphatic rings. The number of aryl methyl sites for hydroxylation is 1. The number of rotatable bonds is 9. The molecule has 1 aromatic carbocycles. The molecule has 0 saturated heterocycles. The maximum absolute atomic E-state index is 12.6. The SMILES string of the molecule is NC(=O)C(CCc1cccnc1)(NCCc1cccnc1)c1ccc(O)cc1. The smallest absolute Gasteiger partial charge is 0.242 e. The van der Waals surface area contributed by atoms with Crippen molar-refractivity contribution < 1.29 is 9.90 Å². The van der Waals surface area contributed by atoms with Gasteiger partial charge in [0.2, 0.25) is 5.91 Å². The van der Waals surface area contributed by atoms with Crippen molar-refractivity contribution in [1.82, 2.24) is 15.3 Å². The summed E-state index contributed by atoms with van der Waals surface area (Å²) in [4.78, 5) is 20.9. The van der Waals surface area contributed by atoms with E-state index in [1.54, 1.807) is 42.9 Å². The average Bonchev–Trinajstić information content (AvgIpc) is 2.72. The number of pyridine rings is 2. The zero-order valence-electron chi connectivity index (χ0n) is 15.6. The lowest BCUT2D eigenvalue weighted by atomic mass is 9.83. The molecule has 0 aliphatic heterocycles. The molecule has 0 saturated carbocycles. The first-order valence-electron chi connectivity index (χ1n) is 9.22. The molecular weight excluding hydrogens is 352 g/mol. The minimum atomic E-state index is -1.05. The summed E-state index contributed by atoms with van der Waals surface area (Å²) in [7, 11) is 0. The molecule has 1 amide bonds. The number of hydrogen-bond acceptors (Lipinski definition) is 5. The molecule has 2 aromatic heterocycles. The second-order valence-electron chi connectivity index (χ2n) is 6.72. The maximum atomic E-state index is 12.6. The quantitative estimate of drug-likeness (QED) is 0.532. The van der Waals surface area contributed by atoms with Crippen LogP contribution in [0.15, 0.2) is 73.3 Å². The second-order valence-corrected chi connectivity index (χ2v) is 6.72. The predicted octanol–water partition coefficient (Wildman–Crippen LogP) is 2.33. The number of carbonyl (C=O) groups excluding carboxylic acids is 1. The first-order valence-corrected chi connectivity index (χ1v) is 9.22. The largest absolute Gasteiger partial charge is 0.508 e. The highest BCUT2D eigenvalue weighted by molar-refractivity contribution is 5.86. The molecule has 2 heterocycles. The van der Waals surface area contributed by atoms with Gasteiger partial charge in [0.25, 0.3) is 0 Å². The number of carbonyl (C=O) groups is 1. The minimum absolute atomic E-state index is 0.143. The molecule has 0 bridgehead atoms. The van der Waals surface area contributed by atoms with Gasteiger partial charge in [-0.05, 0) is 60.2 Å². The molecule has 6 nitrogen and oxygen atoms in total. The van der Waals surface area contributed by atoms with Crippen LogP contribution in [0, 0.1) is 0 Å². The Balaban J connectivity index is 1.83. The van der Waals surface area contributed by atoms with Crippen molar-refractivity contribution in [3.63, 3.8) is 0 Å². The van der Waals surface area contributed by atoms with Crippen LogP contribution >= 0.6 is 0 Å². The van der Waals surface area contributed by atoms with E-state index in [9.17, 15) is 9.90 Å². The highest BCUT2D eigenvalue weighted by atomic mass is 16.3. The van der Waals surface area contributed by atoms with Gasteiger partial charge >= 0.3 is 0 Å². The minimum Gasteiger partial charge on any atom is -0.508 e. The molecule has 0 spiro atoms. The fraction of sp³-hybridized carbons (Fsp3) is 0.227. The lowest BCUT2D eigenvalue weighted by molar-refractivity contribution is -0.125. The normalized spacial score (nSPS) is 13.0. The van der Waals surface area contributed by atoms with Gasteiger partial charge in [-0.1, -0.05) is 24.3 Å². The Bertz CT molecular complexity index is 885. The number of nitrogens with two attached hydrogens (primary N) is 1. The van der Waals surface area contributed by atoms with Gasteiger partial charge in [-0.2, -0.15) is 0 Å². The molecule has 1 atom stereocenters. The van der Waals surface area contributed by atoms with Gasteiger partial charge in [-0.25, -0.2) is 0 Å². The van der Waals surface area contributed by atoms with Crippen molar-refractivity contribution in [1.29, 1.82) is 0 Å². The van der Waals surface area contributed by atoms with Crippen molar-refractivity contribution in [2.45, 2.75) is 24.8 Å². The number of amides is 1. The molecule has 3 rings (SSSR count). The average molecular weight is 376 g/mol. The van der Waals surface area contributed by atoms with Gasteiger partial charge in [0.15, 0.2) is 0 Å². The molecule has 4 N–H and O–H groups in total. The summed E-state index contributed by atoms with van der Waals surface area (Å²) < 4.78 is 0. The molecule has 0 radical (unpaired) electrons. The van der Waals surface area contributed by atoms with Gasteiger partial charge in [-0.3, -0.25) is 20.1 Å². The van der Waals surface area contributed by atoms with Gasteiger partial charge in [-0.15, -0.1) is 0 Å². The molecule has 28 heavy (non-hydrogen) atoms. The van der Waals surface area contributed by atoms with E-state index in [1.807, 2.05) is 30.5 Å². The van der Waals surface area contributed by atoms with Crippen molar-refractivity contribution in [2.75, 3.05) is 6.54 Å². The summed E-state index contributed by atoms with van der Waals surface area (Å²) in [5, 5.41) is 13.0. The van der Waals surface area contributed by atoms with Crippen LogP contribution in [0.5, 0.6) is 5.75 Å². The molecule has 3 aromatic rings. The Hall–Kier alpha value is -3.25. The lowest BCUT2D eigenvalue weighted by Gasteiger charge is -2.33. The van der Waals surface area contributed by atoms with Crippen LogP contribution in [0.1, 0.15) is 23.1 Å². The number of nitrogens with one attached hydrogen (secondary N) is 1. The molecule has 0 fully saturated rings. The number of hydrogen-bond donors (Lipinski definition) is 3. The van der Waals surface area contributed by atoms with Gasteiger partial charge in [0, 0.05) is 31.3 Å². The van der Waals surface area contributed by atoms with E-state index in [0.717, 1.165) is 16.7 Å². The van der Waals surface area contributed by atoms with Crippen LogP contribution in [0.25, 0.3) is 0 Å². The van der Waals surface area contributed by atoms with Crippen LogP contribution in [-0.2, 0) is 23.2 Å². The van der Waals surface area contributed by atoms with Crippen LogP contribution in [0.4, 0.5) is 0 Å². The standard InChI is InChI=1S/C22H24N4O2/c23-21(28)22(19-5-7-20(27)8-6-19,11-9-17-3-1-12-24-15-17)26-14-10-18-4-2-13-25-16-18/h1-8,12-13,15-16,26-27H,9-11,14H2,(H2,23,28). The van der Waals surface area contributed by atoms with Gasteiger partial charge < -0.3 is 10.8 Å². The Morgan fingerprint density at radius 1 is 0.964 bits per heavy atom. The Morgan fingerprint density at radius 2 is 1.57 bits per heavy atom. The van der Waals surface area contributed by atoms with E-state index in [2.05, 4.69) is 15.3 Å². The number of aromatic hydroxyl groups is 1. The summed E-state index contributed by atoms with van der Waals surface area (Å²) in [6.07, 6.45) is 8.88. The van der Waals surface area contributed by atoms with E-state index >= 15 is 0 Å². The van der Waals surface area contributed by atoms with Crippen LogP contribution in [0.2, 0.25) is 0 Å². The topological polar surface area (TPSA) is 101 Å². The van der Waals surface area contributed by atoms with E-state index in [4.69, 9.17) is 5.73 Å².